The summed E-state index contributed by atoms with van der Waals surface area (Å²) in [5.74, 6) is -0.507. The smallest absolute Gasteiger partial charge is 0.338 e. The maximum Gasteiger partial charge on any atom is 0.338 e. The standard InChI is InChI=1S/C18H16N2O4/c1-2-23-18(22)13-7-5-8-15(10-13)20-17(21)12-24-16-9-4-3-6-14(16)11-19/h3-10H,2,12H2,1H3,(H,20,21). The van der Waals surface area contributed by atoms with E-state index in [-0.39, 0.29) is 13.2 Å². The van der Waals surface area contributed by atoms with Gasteiger partial charge < -0.3 is 14.8 Å². The van der Waals surface area contributed by atoms with E-state index in [9.17, 15) is 9.59 Å². The Morgan fingerprint density at radius 3 is 2.71 bits per heavy atom. The van der Waals surface area contributed by atoms with Crippen molar-refractivity contribution in [1.29, 1.82) is 5.26 Å². The molecular formula is C18H16N2O4. The Hall–Kier alpha value is -3.33. The fraction of sp³-hybridized carbons (Fsp3) is 0.167. The number of nitriles is 1. The third kappa shape index (κ3) is 4.58. The van der Waals surface area contributed by atoms with Gasteiger partial charge in [-0.3, -0.25) is 4.79 Å². The van der Waals surface area contributed by atoms with Crippen LogP contribution in [0.2, 0.25) is 0 Å². The molecule has 2 rings (SSSR count). The van der Waals surface area contributed by atoms with Crippen LogP contribution >= 0.6 is 0 Å². The van der Waals surface area contributed by atoms with E-state index in [2.05, 4.69) is 5.32 Å². The van der Waals surface area contributed by atoms with Gasteiger partial charge in [0, 0.05) is 5.69 Å². The zero-order chi connectivity index (χ0) is 17.4. The molecule has 0 fully saturated rings. The van der Waals surface area contributed by atoms with Crippen LogP contribution in [0, 0.1) is 11.3 Å². The number of ether oxygens (including phenoxy) is 2. The fourth-order valence-electron chi connectivity index (χ4n) is 1.96. The molecule has 0 unspecified atom stereocenters. The molecule has 1 N–H and O–H groups in total. The topological polar surface area (TPSA) is 88.4 Å². The number of hydrogen-bond donors (Lipinski definition) is 1. The van der Waals surface area contributed by atoms with Gasteiger partial charge >= 0.3 is 5.97 Å². The lowest BCUT2D eigenvalue weighted by atomic mass is 10.2. The molecule has 0 bridgehead atoms. The van der Waals surface area contributed by atoms with Crippen LogP contribution < -0.4 is 10.1 Å². The van der Waals surface area contributed by atoms with Crippen molar-refractivity contribution in [2.45, 2.75) is 6.92 Å². The van der Waals surface area contributed by atoms with Crippen LogP contribution in [-0.4, -0.2) is 25.1 Å². The molecule has 0 heterocycles. The average molecular weight is 324 g/mol. The quantitative estimate of drug-likeness (QED) is 0.825. The molecule has 122 valence electrons. The molecule has 0 aliphatic heterocycles. The Bertz CT molecular complexity index is 781. The zero-order valence-corrected chi connectivity index (χ0v) is 13.1. The number of amides is 1. The highest BCUT2D eigenvalue weighted by atomic mass is 16.5. The first-order valence-electron chi connectivity index (χ1n) is 7.33. The number of esters is 1. The minimum Gasteiger partial charge on any atom is -0.482 e. The van der Waals surface area contributed by atoms with Crippen LogP contribution in [0.5, 0.6) is 5.75 Å². The van der Waals surface area contributed by atoms with Gasteiger partial charge in [-0.15, -0.1) is 0 Å². The first-order chi connectivity index (χ1) is 11.6. The molecule has 0 saturated heterocycles. The number of hydrogen-bond acceptors (Lipinski definition) is 5. The largest absolute Gasteiger partial charge is 0.482 e. The van der Waals surface area contributed by atoms with E-state index in [0.29, 0.717) is 22.6 Å². The minimum absolute atomic E-state index is 0.248. The molecular weight excluding hydrogens is 308 g/mol. The predicted molar refractivity (Wildman–Crippen MR) is 87.7 cm³/mol. The zero-order valence-electron chi connectivity index (χ0n) is 13.1. The van der Waals surface area contributed by atoms with E-state index in [1.807, 2.05) is 6.07 Å². The number of rotatable bonds is 6. The number of carbonyl (C=O) groups excluding carboxylic acids is 2. The van der Waals surface area contributed by atoms with E-state index in [0.717, 1.165) is 0 Å². The minimum atomic E-state index is -0.451. The van der Waals surface area contributed by atoms with Crippen molar-refractivity contribution in [3.8, 4) is 11.8 Å². The summed E-state index contributed by atoms with van der Waals surface area (Å²) in [5, 5.41) is 11.6. The number of benzene rings is 2. The van der Waals surface area contributed by atoms with E-state index in [4.69, 9.17) is 14.7 Å². The van der Waals surface area contributed by atoms with Gasteiger partial charge in [0.05, 0.1) is 17.7 Å². The number of para-hydroxylation sites is 1. The number of anilines is 1. The van der Waals surface area contributed by atoms with E-state index >= 15 is 0 Å². The summed E-state index contributed by atoms with van der Waals surface area (Å²) < 4.78 is 10.3. The monoisotopic (exact) mass is 324 g/mol. The Labute approximate surface area is 139 Å². The first-order valence-corrected chi connectivity index (χ1v) is 7.33. The average Bonchev–Trinajstić information content (AvgIpc) is 2.60. The van der Waals surface area contributed by atoms with E-state index in [1.165, 1.54) is 6.07 Å². The van der Waals surface area contributed by atoms with Gasteiger partial charge in [-0.25, -0.2) is 4.79 Å². The lowest BCUT2D eigenvalue weighted by Crippen LogP contribution is -2.20. The number of carbonyl (C=O) groups is 2. The molecule has 0 aliphatic rings. The highest BCUT2D eigenvalue weighted by Gasteiger charge is 2.10. The van der Waals surface area contributed by atoms with Crippen LogP contribution in [0.1, 0.15) is 22.8 Å². The van der Waals surface area contributed by atoms with Gasteiger partial charge in [0.25, 0.3) is 5.91 Å². The molecule has 0 atom stereocenters. The molecule has 0 aromatic heterocycles. The number of nitrogens with one attached hydrogen (secondary N) is 1. The maximum absolute atomic E-state index is 12.0. The molecule has 6 heteroatoms. The molecule has 2 aromatic rings. The fourth-order valence-corrected chi connectivity index (χ4v) is 1.96. The molecule has 24 heavy (non-hydrogen) atoms. The Morgan fingerprint density at radius 2 is 1.96 bits per heavy atom. The summed E-state index contributed by atoms with van der Waals surface area (Å²) in [6.07, 6.45) is 0. The maximum atomic E-state index is 12.0. The Kier molecular flexibility index (Phi) is 5.92. The molecule has 1 amide bonds. The molecule has 2 aromatic carbocycles. The summed E-state index contributed by atoms with van der Waals surface area (Å²) in [5.41, 5.74) is 1.17. The first kappa shape index (κ1) is 17.0. The molecule has 0 spiro atoms. The summed E-state index contributed by atoms with van der Waals surface area (Å²) in [6.45, 7) is 1.75. The highest BCUT2D eigenvalue weighted by Crippen LogP contribution is 2.17. The van der Waals surface area contributed by atoms with Crippen molar-refractivity contribution < 1.29 is 19.1 Å². The third-order valence-corrected chi connectivity index (χ3v) is 3.02. The van der Waals surface area contributed by atoms with Gasteiger partial charge in [-0.2, -0.15) is 5.26 Å². The van der Waals surface area contributed by atoms with Crippen LogP contribution in [0.4, 0.5) is 5.69 Å². The van der Waals surface area contributed by atoms with Crippen molar-refractivity contribution in [1.82, 2.24) is 0 Å². The predicted octanol–water partition coefficient (Wildman–Crippen LogP) is 2.75. The summed E-state index contributed by atoms with van der Waals surface area (Å²) in [6, 6.07) is 15.1. The Morgan fingerprint density at radius 1 is 1.17 bits per heavy atom. The van der Waals surface area contributed by atoms with Gasteiger partial charge in [0.15, 0.2) is 6.61 Å². The molecule has 0 saturated carbocycles. The lowest BCUT2D eigenvalue weighted by molar-refractivity contribution is -0.118. The van der Waals surface area contributed by atoms with Crippen LogP contribution in [0.3, 0.4) is 0 Å². The van der Waals surface area contributed by atoms with Gasteiger partial charge in [0.2, 0.25) is 0 Å². The second-order valence-corrected chi connectivity index (χ2v) is 4.75. The summed E-state index contributed by atoms with van der Waals surface area (Å²) in [4.78, 5) is 23.6. The molecule has 0 aliphatic carbocycles. The van der Waals surface area contributed by atoms with E-state index in [1.54, 1.807) is 49.4 Å². The van der Waals surface area contributed by atoms with Gasteiger partial charge in [0.1, 0.15) is 11.8 Å². The van der Waals surface area contributed by atoms with Crippen LogP contribution in [0.25, 0.3) is 0 Å². The second-order valence-electron chi connectivity index (χ2n) is 4.75. The number of nitrogens with zero attached hydrogens (tertiary/aromatic N) is 1. The van der Waals surface area contributed by atoms with Gasteiger partial charge in [-0.05, 0) is 37.3 Å². The van der Waals surface area contributed by atoms with Crippen LogP contribution in [0.15, 0.2) is 48.5 Å². The third-order valence-electron chi connectivity index (χ3n) is 3.02. The lowest BCUT2D eigenvalue weighted by Gasteiger charge is -2.09. The van der Waals surface area contributed by atoms with Crippen molar-refractivity contribution >= 4 is 17.6 Å². The summed E-state index contributed by atoms with van der Waals surface area (Å²) >= 11 is 0. The second kappa shape index (κ2) is 8.34. The van der Waals surface area contributed by atoms with Gasteiger partial charge in [-0.1, -0.05) is 18.2 Å². The SMILES string of the molecule is CCOC(=O)c1cccc(NC(=O)COc2ccccc2C#N)c1. The van der Waals surface area contributed by atoms with Crippen LogP contribution in [-0.2, 0) is 9.53 Å². The molecule has 0 radical (unpaired) electrons. The Balaban J connectivity index is 1.96. The normalized spacial score (nSPS) is 9.67. The molecule has 6 nitrogen and oxygen atoms in total. The summed E-state index contributed by atoms with van der Waals surface area (Å²) in [7, 11) is 0. The van der Waals surface area contributed by atoms with Crippen molar-refractivity contribution in [3.63, 3.8) is 0 Å². The van der Waals surface area contributed by atoms with E-state index < -0.39 is 11.9 Å². The highest BCUT2D eigenvalue weighted by molar-refractivity contribution is 5.95. The van der Waals surface area contributed by atoms with Crippen molar-refractivity contribution in [3.05, 3.63) is 59.7 Å². The van der Waals surface area contributed by atoms with Crippen molar-refractivity contribution in [2.24, 2.45) is 0 Å². The van der Waals surface area contributed by atoms with Crippen molar-refractivity contribution in [2.75, 3.05) is 18.5 Å².